The molecule has 0 radical (unpaired) electrons. The number of hydrogen-bond donors (Lipinski definition) is 0. The first-order valence-corrected chi connectivity index (χ1v) is 19.7. The molecule has 0 saturated heterocycles. The normalized spacial score (nSPS) is 12.1. The van der Waals surface area contributed by atoms with Gasteiger partial charge in [-0.2, -0.15) is 0 Å². The minimum Gasteiger partial charge on any atom is -0.456 e. The van der Waals surface area contributed by atoms with E-state index in [1.54, 1.807) is 0 Å². The Balaban J connectivity index is 1.14. The molecule has 2 aromatic heterocycles. The van der Waals surface area contributed by atoms with Gasteiger partial charge >= 0.3 is 0 Å². The molecule has 0 atom stereocenters. The first kappa shape index (κ1) is 31.2. The molecule has 0 saturated carbocycles. The number of ether oxygens (including phenoxy) is 1. The van der Waals surface area contributed by atoms with Crippen molar-refractivity contribution in [2.45, 2.75) is 0 Å². The van der Waals surface area contributed by atoms with Crippen LogP contribution in [0.1, 0.15) is 0 Å². The summed E-state index contributed by atoms with van der Waals surface area (Å²) >= 11 is 1.84. The lowest BCUT2D eigenvalue weighted by Gasteiger charge is -2.30. The van der Waals surface area contributed by atoms with E-state index in [0.717, 1.165) is 72.4 Å². The zero-order valence-electron chi connectivity index (χ0n) is 30.1. The predicted molar refractivity (Wildman–Crippen MR) is 235 cm³/mol. The van der Waals surface area contributed by atoms with E-state index in [1.807, 2.05) is 17.4 Å². The second-order valence-electron chi connectivity index (χ2n) is 14.4. The van der Waals surface area contributed by atoms with Crippen molar-refractivity contribution in [3.8, 4) is 44.9 Å². The first-order valence-electron chi connectivity index (χ1n) is 18.9. The Morgan fingerprint density at radius 3 is 1.88 bits per heavy atom. The molecule has 0 unspecified atom stereocenters. The van der Waals surface area contributed by atoms with Gasteiger partial charge in [-0.3, -0.25) is 0 Å². The average molecular weight is 734 g/mol. The van der Waals surface area contributed by atoms with Crippen LogP contribution in [0.3, 0.4) is 0 Å². The number of furan rings is 1. The van der Waals surface area contributed by atoms with Crippen LogP contribution in [0.25, 0.3) is 86.3 Å². The lowest BCUT2D eigenvalue weighted by Crippen LogP contribution is -2.12. The molecule has 3 heterocycles. The molecule has 0 fully saturated rings. The van der Waals surface area contributed by atoms with Crippen LogP contribution in [0.4, 0.5) is 17.1 Å². The predicted octanol–water partition coefficient (Wildman–Crippen LogP) is 15.7. The highest BCUT2D eigenvalue weighted by atomic mass is 32.1. The molecule has 0 bridgehead atoms. The third kappa shape index (κ3) is 4.70. The van der Waals surface area contributed by atoms with Gasteiger partial charge in [-0.25, -0.2) is 0 Å². The van der Waals surface area contributed by atoms with Crippen LogP contribution < -0.4 is 9.64 Å². The molecule has 3 nitrogen and oxygen atoms in total. The molecule has 0 spiro atoms. The molecular formula is C52H31NO2S. The van der Waals surface area contributed by atoms with Crippen molar-refractivity contribution in [3.63, 3.8) is 0 Å². The average Bonchev–Trinajstić information content (AvgIpc) is 3.84. The third-order valence-corrected chi connectivity index (χ3v) is 12.4. The molecular weight excluding hydrogens is 703 g/mol. The summed E-state index contributed by atoms with van der Waals surface area (Å²) in [6.45, 7) is 0. The molecule has 1 aliphatic rings. The van der Waals surface area contributed by atoms with Gasteiger partial charge in [-0.05, 0) is 94.5 Å². The summed E-state index contributed by atoms with van der Waals surface area (Å²) in [5.74, 6) is 1.73. The summed E-state index contributed by atoms with van der Waals surface area (Å²) < 4.78 is 15.8. The van der Waals surface area contributed by atoms with Gasteiger partial charge < -0.3 is 14.1 Å². The molecule has 262 valence electrons. The highest BCUT2D eigenvalue weighted by Crippen LogP contribution is 2.54. The second kappa shape index (κ2) is 12.2. The van der Waals surface area contributed by atoms with Crippen LogP contribution in [0.2, 0.25) is 0 Å². The van der Waals surface area contributed by atoms with Gasteiger partial charge in [0.25, 0.3) is 0 Å². The van der Waals surface area contributed by atoms with E-state index in [0.29, 0.717) is 0 Å². The summed E-state index contributed by atoms with van der Waals surface area (Å²) in [4.78, 5) is 2.46. The molecule has 0 aliphatic carbocycles. The van der Waals surface area contributed by atoms with Crippen LogP contribution in [0.5, 0.6) is 11.5 Å². The van der Waals surface area contributed by atoms with E-state index in [-0.39, 0.29) is 0 Å². The van der Waals surface area contributed by atoms with Crippen LogP contribution in [0, 0.1) is 0 Å². The maximum atomic E-state index is 6.81. The minimum atomic E-state index is 0.857. The SMILES string of the molecule is c1ccc(-c2ccc3c(c2)Oc2ccc(N(c4cccc5oc6ccccc6c45)c4cccc5sc6ccc(-c7ccccc7)cc6c45)c4cccc-3c24)cc1. The standard InChI is InChI=1S/C52H31NO2S/c1-3-12-32(13-4-1)34-25-29-48-40(30-34)52-43(20-11-23-49(52)56-48)53(42-19-10-22-45-51(42)39-16-7-8-21-44(39)54-45)41-27-28-46-50-37(17-9-18-38(41)50)36-26-24-35(31-47(36)55-46)33-14-5-2-6-15-33/h1-31H. The summed E-state index contributed by atoms with van der Waals surface area (Å²) in [5, 5.41) is 6.86. The van der Waals surface area contributed by atoms with Gasteiger partial charge in [0.05, 0.1) is 22.4 Å². The van der Waals surface area contributed by atoms with E-state index in [1.165, 1.54) is 42.4 Å². The first-order chi connectivity index (χ1) is 27.8. The number of rotatable bonds is 5. The van der Waals surface area contributed by atoms with Crippen molar-refractivity contribution in [2.75, 3.05) is 4.90 Å². The fourth-order valence-electron chi connectivity index (χ4n) is 8.76. The Bertz CT molecular complexity index is 3340. The Kier molecular flexibility index (Phi) is 6.80. The zero-order valence-corrected chi connectivity index (χ0v) is 30.9. The van der Waals surface area contributed by atoms with Crippen molar-refractivity contribution in [2.24, 2.45) is 0 Å². The van der Waals surface area contributed by atoms with E-state index >= 15 is 0 Å². The van der Waals surface area contributed by atoms with Crippen molar-refractivity contribution in [3.05, 3.63) is 188 Å². The zero-order chi connectivity index (χ0) is 36.7. The van der Waals surface area contributed by atoms with Crippen molar-refractivity contribution >= 4 is 81.3 Å². The highest BCUT2D eigenvalue weighted by Gasteiger charge is 2.27. The fraction of sp³-hybridized carbons (Fsp3) is 0. The number of benzene rings is 9. The smallest absolute Gasteiger partial charge is 0.137 e. The van der Waals surface area contributed by atoms with Crippen LogP contribution in [0.15, 0.2) is 192 Å². The van der Waals surface area contributed by atoms with E-state index < -0.39 is 0 Å². The maximum Gasteiger partial charge on any atom is 0.137 e. The molecule has 9 aromatic carbocycles. The Hall–Kier alpha value is -7.14. The molecule has 1 aliphatic heterocycles. The Labute approximate surface area is 326 Å². The maximum absolute atomic E-state index is 6.81. The number of fused-ring (bicyclic) bond motifs is 8. The molecule has 12 rings (SSSR count). The molecule has 0 amide bonds. The summed E-state index contributed by atoms with van der Waals surface area (Å²) in [5.41, 5.74) is 11.9. The summed E-state index contributed by atoms with van der Waals surface area (Å²) in [6.07, 6.45) is 0. The third-order valence-electron chi connectivity index (χ3n) is 11.3. The fourth-order valence-corrected chi connectivity index (χ4v) is 9.86. The van der Waals surface area contributed by atoms with Gasteiger partial charge in [0.15, 0.2) is 0 Å². The summed E-state index contributed by atoms with van der Waals surface area (Å²) in [7, 11) is 0. The minimum absolute atomic E-state index is 0.857. The lowest BCUT2D eigenvalue weighted by molar-refractivity contribution is 0.487. The van der Waals surface area contributed by atoms with Gasteiger partial charge in [0.1, 0.15) is 22.7 Å². The Morgan fingerprint density at radius 1 is 0.357 bits per heavy atom. The van der Waals surface area contributed by atoms with Gasteiger partial charge in [0, 0.05) is 41.9 Å². The van der Waals surface area contributed by atoms with Gasteiger partial charge in [-0.15, -0.1) is 11.3 Å². The highest BCUT2D eigenvalue weighted by molar-refractivity contribution is 7.26. The lowest BCUT2D eigenvalue weighted by atomic mass is 9.92. The van der Waals surface area contributed by atoms with Crippen molar-refractivity contribution in [1.29, 1.82) is 0 Å². The number of hydrogen-bond acceptors (Lipinski definition) is 4. The van der Waals surface area contributed by atoms with Crippen LogP contribution >= 0.6 is 11.3 Å². The van der Waals surface area contributed by atoms with Crippen molar-refractivity contribution in [1.82, 2.24) is 0 Å². The topological polar surface area (TPSA) is 25.6 Å². The Morgan fingerprint density at radius 2 is 1.04 bits per heavy atom. The molecule has 11 aromatic rings. The van der Waals surface area contributed by atoms with Crippen molar-refractivity contribution < 1.29 is 9.15 Å². The van der Waals surface area contributed by atoms with E-state index in [4.69, 9.17) is 9.15 Å². The van der Waals surface area contributed by atoms with Gasteiger partial charge in [-0.1, -0.05) is 121 Å². The largest absolute Gasteiger partial charge is 0.456 e. The molecule has 4 heteroatoms. The quantitative estimate of drug-likeness (QED) is 0.176. The van der Waals surface area contributed by atoms with E-state index in [9.17, 15) is 0 Å². The summed E-state index contributed by atoms with van der Waals surface area (Å²) in [6, 6.07) is 67.2. The molecule has 0 N–H and O–H groups in total. The second-order valence-corrected chi connectivity index (χ2v) is 15.5. The van der Waals surface area contributed by atoms with Crippen LogP contribution in [-0.4, -0.2) is 0 Å². The van der Waals surface area contributed by atoms with Gasteiger partial charge in [0.2, 0.25) is 0 Å². The number of para-hydroxylation sites is 1. The number of thiophene rings is 1. The number of anilines is 3. The molecule has 56 heavy (non-hydrogen) atoms. The van der Waals surface area contributed by atoms with E-state index in [2.05, 4.69) is 187 Å². The van der Waals surface area contributed by atoms with Crippen LogP contribution in [-0.2, 0) is 0 Å². The number of nitrogens with zero attached hydrogens (tertiary/aromatic N) is 1. The monoisotopic (exact) mass is 733 g/mol.